The fraction of sp³-hybridized carbons (Fsp3) is 0.636. The van der Waals surface area contributed by atoms with Crippen LogP contribution in [0, 0.1) is 0 Å². The third-order valence-corrected chi connectivity index (χ3v) is 2.63. The molecule has 6 nitrogen and oxygen atoms in total. The zero-order valence-corrected chi connectivity index (χ0v) is 9.56. The lowest BCUT2D eigenvalue weighted by Gasteiger charge is -2.21. The Balaban J connectivity index is 2.36. The van der Waals surface area contributed by atoms with Crippen LogP contribution in [0.3, 0.4) is 0 Å². The van der Waals surface area contributed by atoms with Crippen LogP contribution >= 0.6 is 0 Å². The number of allylic oxidation sites excluding steroid dienone is 1. The lowest BCUT2D eigenvalue weighted by Crippen LogP contribution is -2.49. The molecule has 96 valence electrons. The number of hydrogen-bond acceptors (Lipinski definition) is 3. The number of carbonyl (C=O) groups excluding carboxylic acids is 1. The molecule has 0 aromatic carbocycles. The highest BCUT2D eigenvalue weighted by molar-refractivity contribution is 5.82. The Morgan fingerprint density at radius 2 is 2.18 bits per heavy atom. The molecule has 17 heavy (non-hydrogen) atoms. The Morgan fingerprint density at radius 1 is 1.41 bits per heavy atom. The van der Waals surface area contributed by atoms with E-state index in [-0.39, 0.29) is 19.1 Å². The maximum atomic E-state index is 11.5. The molecule has 1 aliphatic carbocycles. The van der Waals surface area contributed by atoms with E-state index in [4.69, 9.17) is 10.2 Å². The molecule has 0 aromatic heterocycles. The van der Waals surface area contributed by atoms with Crippen molar-refractivity contribution in [3.8, 4) is 0 Å². The summed E-state index contributed by atoms with van der Waals surface area (Å²) in [4.78, 5) is 22.3. The molecule has 0 saturated heterocycles. The number of urea groups is 1. The molecule has 1 rings (SSSR count). The van der Waals surface area contributed by atoms with E-state index in [1.165, 1.54) is 0 Å². The highest BCUT2D eigenvalue weighted by Gasteiger charge is 2.20. The minimum atomic E-state index is -1.14. The topological polar surface area (TPSA) is 98.7 Å². The smallest absolute Gasteiger partial charge is 0.326 e. The molecule has 0 aliphatic heterocycles. The minimum Gasteiger partial charge on any atom is -0.480 e. The first-order chi connectivity index (χ1) is 8.13. The highest BCUT2D eigenvalue weighted by atomic mass is 16.4. The van der Waals surface area contributed by atoms with Crippen molar-refractivity contribution in [3.05, 3.63) is 12.2 Å². The normalized spacial score (nSPS) is 20.6. The number of carboxylic acid groups (broad SMARTS) is 1. The third kappa shape index (κ3) is 4.86. The fourth-order valence-electron chi connectivity index (χ4n) is 1.70. The molecule has 4 N–H and O–H groups in total. The van der Waals surface area contributed by atoms with Gasteiger partial charge < -0.3 is 20.8 Å². The van der Waals surface area contributed by atoms with Crippen molar-refractivity contribution >= 4 is 12.0 Å². The van der Waals surface area contributed by atoms with E-state index in [1.54, 1.807) is 0 Å². The second-order valence-corrected chi connectivity index (χ2v) is 4.00. The summed E-state index contributed by atoms with van der Waals surface area (Å²) < 4.78 is 0. The van der Waals surface area contributed by atoms with E-state index in [0.29, 0.717) is 0 Å². The third-order valence-electron chi connectivity index (χ3n) is 2.63. The van der Waals surface area contributed by atoms with Crippen molar-refractivity contribution in [2.24, 2.45) is 0 Å². The van der Waals surface area contributed by atoms with Gasteiger partial charge in [-0.2, -0.15) is 0 Å². The molecule has 1 aliphatic rings. The van der Waals surface area contributed by atoms with Crippen molar-refractivity contribution in [3.63, 3.8) is 0 Å². The van der Waals surface area contributed by atoms with Crippen LogP contribution < -0.4 is 10.6 Å². The SMILES string of the molecule is O=C(NC1CC=CCC1)NC(CCO)C(=O)O. The summed E-state index contributed by atoms with van der Waals surface area (Å²) in [5.74, 6) is -1.14. The van der Waals surface area contributed by atoms with Gasteiger partial charge in [-0.05, 0) is 19.3 Å². The molecule has 0 aromatic rings. The predicted octanol–water partition coefficient (Wildman–Crippen LogP) is 0.230. The number of nitrogens with one attached hydrogen (secondary N) is 2. The molecular formula is C11H18N2O4. The summed E-state index contributed by atoms with van der Waals surface area (Å²) in [5.41, 5.74) is 0. The van der Waals surface area contributed by atoms with Crippen LogP contribution in [0.4, 0.5) is 4.79 Å². The van der Waals surface area contributed by atoms with E-state index in [9.17, 15) is 9.59 Å². The Kier molecular flexibility index (Phi) is 5.48. The van der Waals surface area contributed by atoms with Gasteiger partial charge in [0.05, 0.1) is 0 Å². The number of carboxylic acids is 1. The molecule has 0 spiro atoms. The average molecular weight is 242 g/mol. The van der Waals surface area contributed by atoms with Crippen LogP contribution in [0.2, 0.25) is 0 Å². The van der Waals surface area contributed by atoms with Gasteiger partial charge in [0.2, 0.25) is 0 Å². The summed E-state index contributed by atoms with van der Waals surface area (Å²) in [6.45, 7) is -0.274. The van der Waals surface area contributed by atoms with Gasteiger partial charge in [-0.15, -0.1) is 0 Å². The van der Waals surface area contributed by atoms with Gasteiger partial charge in [0.25, 0.3) is 0 Å². The van der Waals surface area contributed by atoms with Gasteiger partial charge in [-0.1, -0.05) is 12.2 Å². The first kappa shape index (κ1) is 13.5. The summed E-state index contributed by atoms with van der Waals surface area (Å²) >= 11 is 0. The summed E-state index contributed by atoms with van der Waals surface area (Å²) in [6, 6.07) is -1.48. The van der Waals surface area contributed by atoms with E-state index >= 15 is 0 Å². The van der Waals surface area contributed by atoms with E-state index in [1.807, 2.05) is 6.08 Å². The number of aliphatic carboxylic acids is 1. The number of rotatable bonds is 5. The van der Waals surface area contributed by atoms with E-state index < -0.39 is 18.0 Å². The van der Waals surface area contributed by atoms with Gasteiger partial charge in [-0.25, -0.2) is 9.59 Å². The van der Waals surface area contributed by atoms with Gasteiger partial charge in [-0.3, -0.25) is 0 Å². The van der Waals surface area contributed by atoms with Crippen molar-refractivity contribution in [2.75, 3.05) is 6.61 Å². The molecule has 6 heteroatoms. The number of aliphatic hydroxyl groups is 1. The largest absolute Gasteiger partial charge is 0.480 e. The van der Waals surface area contributed by atoms with Crippen LogP contribution in [0.15, 0.2) is 12.2 Å². The second-order valence-electron chi connectivity index (χ2n) is 4.00. The average Bonchev–Trinajstić information content (AvgIpc) is 2.29. The Bertz CT molecular complexity index is 304. The lowest BCUT2D eigenvalue weighted by atomic mass is 10.0. The van der Waals surface area contributed by atoms with Crippen molar-refractivity contribution < 1.29 is 19.8 Å². The van der Waals surface area contributed by atoms with Crippen LogP contribution in [-0.2, 0) is 4.79 Å². The Labute approximate surface area is 99.7 Å². The van der Waals surface area contributed by atoms with Gasteiger partial charge in [0.15, 0.2) is 0 Å². The number of aliphatic hydroxyl groups excluding tert-OH is 1. The first-order valence-corrected chi connectivity index (χ1v) is 5.69. The van der Waals surface area contributed by atoms with Crippen LogP contribution in [0.1, 0.15) is 25.7 Å². The fourth-order valence-corrected chi connectivity index (χ4v) is 1.70. The van der Waals surface area contributed by atoms with Crippen LogP contribution in [0.25, 0.3) is 0 Å². The maximum absolute atomic E-state index is 11.5. The molecule has 0 radical (unpaired) electrons. The van der Waals surface area contributed by atoms with Crippen molar-refractivity contribution in [1.29, 1.82) is 0 Å². The minimum absolute atomic E-state index is 0.00726. The number of carbonyl (C=O) groups is 2. The summed E-state index contributed by atoms with van der Waals surface area (Å²) in [7, 11) is 0. The predicted molar refractivity (Wildman–Crippen MR) is 61.6 cm³/mol. The molecule has 0 heterocycles. The maximum Gasteiger partial charge on any atom is 0.326 e. The Morgan fingerprint density at radius 3 is 2.71 bits per heavy atom. The highest BCUT2D eigenvalue weighted by Crippen LogP contribution is 2.10. The van der Waals surface area contributed by atoms with Gasteiger partial charge in [0, 0.05) is 19.1 Å². The zero-order chi connectivity index (χ0) is 12.7. The molecule has 2 amide bonds. The van der Waals surface area contributed by atoms with Crippen LogP contribution in [-0.4, -0.2) is 40.9 Å². The zero-order valence-electron chi connectivity index (χ0n) is 9.56. The van der Waals surface area contributed by atoms with Crippen molar-refractivity contribution in [2.45, 2.75) is 37.8 Å². The van der Waals surface area contributed by atoms with Gasteiger partial charge >= 0.3 is 12.0 Å². The lowest BCUT2D eigenvalue weighted by molar-refractivity contribution is -0.139. The molecule has 2 atom stereocenters. The van der Waals surface area contributed by atoms with Crippen LogP contribution in [0.5, 0.6) is 0 Å². The van der Waals surface area contributed by atoms with Gasteiger partial charge in [0.1, 0.15) is 6.04 Å². The quantitative estimate of drug-likeness (QED) is 0.519. The van der Waals surface area contributed by atoms with Crippen molar-refractivity contribution in [1.82, 2.24) is 10.6 Å². The first-order valence-electron chi connectivity index (χ1n) is 5.69. The molecular weight excluding hydrogens is 224 g/mol. The molecule has 0 saturated carbocycles. The second kappa shape index (κ2) is 6.90. The number of hydrogen-bond donors (Lipinski definition) is 4. The summed E-state index contributed by atoms with van der Waals surface area (Å²) in [6.07, 6.45) is 6.61. The monoisotopic (exact) mass is 242 g/mol. The Hall–Kier alpha value is -1.56. The van der Waals surface area contributed by atoms with E-state index in [2.05, 4.69) is 16.7 Å². The van der Waals surface area contributed by atoms with E-state index in [0.717, 1.165) is 19.3 Å². The standard InChI is InChI=1S/C11H18N2O4/c14-7-6-9(10(15)16)13-11(17)12-8-4-2-1-3-5-8/h1-2,8-9,14H,3-7H2,(H,15,16)(H2,12,13,17). The molecule has 0 bridgehead atoms. The summed E-state index contributed by atoms with van der Waals surface area (Å²) in [5, 5.41) is 22.5. The molecule has 0 fully saturated rings. The molecule has 2 unspecified atom stereocenters. The number of amides is 2.